The molecule has 2 aromatic carbocycles. The number of nitrogens with one attached hydrogen (secondary N) is 3. The van der Waals surface area contributed by atoms with Gasteiger partial charge in [0.25, 0.3) is 0 Å². The van der Waals surface area contributed by atoms with E-state index in [9.17, 15) is 9.59 Å². The molecule has 0 saturated carbocycles. The molecule has 27 heavy (non-hydrogen) atoms. The first-order valence-electron chi connectivity index (χ1n) is 8.70. The molecule has 0 bridgehead atoms. The van der Waals surface area contributed by atoms with Crippen molar-refractivity contribution in [2.45, 2.75) is 6.04 Å². The Morgan fingerprint density at radius 2 is 1.59 bits per heavy atom. The SMILES string of the molecule is CN(C)c1ccc([C@H](CNC(=O)C(=O)Nc2ccc(Cl)cc2)[NH+](C)C)cc1. The average molecular weight is 390 g/mol. The molecule has 0 saturated heterocycles. The molecule has 1 atom stereocenters. The van der Waals surface area contributed by atoms with E-state index in [2.05, 4.69) is 10.6 Å². The lowest BCUT2D eigenvalue weighted by atomic mass is 10.1. The fourth-order valence-electron chi connectivity index (χ4n) is 2.66. The predicted molar refractivity (Wildman–Crippen MR) is 109 cm³/mol. The predicted octanol–water partition coefficient (Wildman–Crippen LogP) is 1.35. The number of carbonyl (C=O) groups excluding carboxylic acids is 2. The first-order valence-corrected chi connectivity index (χ1v) is 9.08. The van der Waals surface area contributed by atoms with Crippen LogP contribution in [0.25, 0.3) is 0 Å². The lowest BCUT2D eigenvalue weighted by Crippen LogP contribution is -3.07. The van der Waals surface area contributed by atoms with Gasteiger partial charge in [-0.1, -0.05) is 23.7 Å². The molecule has 0 aliphatic heterocycles. The molecule has 3 N–H and O–H groups in total. The van der Waals surface area contributed by atoms with Crippen LogP contribution in [0.5, 0.6) is 0 Å². The van der Waals surface area contributed by atoms with Crippen LogP contribution in [-0.2, 0) is 9.59 Å². The highest BCUT2D eigenvalue weighted by Crippen LogP contribution is 2.16. The van der Waals surface area contributed by atoms with Crippen LogP contribution in [0.4, 0.5) is 11.4 Å². The largest absolute Gasteiger partial charge is 0.378 e. The first kappa shape index (κ1) is 20.7. The molecule has 0 fully saturated rings. The van der Waals surface area contributed by atoms with E-state index in [0.29, 0.717) is 17.3 Å². The second-order valence-electron chi connectivity index (χ2n) is 6.79. The molecule has 144 valence electrons. The first-order chi connectivity index (χ1) is 12.8. The van der Waals surface area contributed by atoms with Crippen LogP contribution in [0.15, 0.2) is 48.5 Å². The Morgan fingerprint density at radius 1 is 1.00 bits per heavy atom. The number of quaternary nitrogens is 1. The normalized spacial score (nSPS) is 11.8. The molecule has 2 rings (SSSR count). The lowest BCUT2D eigenvalue weighted by Gasteiger charge is -2.23. The number of nitrogens with zero attached hydrogens (tertiary/aromatic N) is 1. The minimum atomic E-state index is -0.701. The number of likely N-dealkylation sites (N-methyl/N-ethyl adjacent to an activating group) is 1. The Morgan fingerprint density at radius 3 is 2.11 bits per heavy atom. The van der Waals surface area contributed by atoms with E-state index in [4.69, 9.17) is 11.6 Å². The second-order valence-corrected chi connectivity index (χ2v) is 7.22. The summed E-state index contributed by atoms with van der Waals surface area (Å²) in [4.78, 5) is 27.4. The van der Waals surface area contributed by atoms with Gasteiger partial charge in [-0.25, -0.2) is 0 Å². The van der Waals surface area contributed by atoms with E-state index < -0.39 is 11.8 Å². The number of amides is 2. The Bertz CT molecular complexity index is 774. The van der Waals surface area contributed by atoms with E-state index in [1.807, 2.05) is 57.4 Å². The summed E-state index contributed by atoms with van der Waals surface area (Å²) in [5.74, 6) is -1.37. The van der Waals surface area contributed by atoms with Gasteiger partial charge in [-0.15, -0.1) is 0 Å². The van der Waals surface area contributed by atoms with Gasteiger partial charge in [-0.2, -0.15) is 0 Å². The van der Waals surface area contributed by atoms with E-state index >= 15 is 0 Å². The average Bonchev–Trinajstić information content (AvgIpc) is 2.63. The summed E-state index contributed by atoms with van der Waals surface area (Å²) in [6.45, 7) is 0.358. The molecule has 0 aromatic heterocycles. The van der Waals surface area contributed by atoms with Gasteiger partial charge in [0, 0.05) is 36.1 Å². The molecule has 0 spiro atoms. The summed E-state index contributed by atoms with van der Waals surface area (Å²) in [7, 11) is 8.02. The summed E-state index contributed by atoms with van der Waals surface area (Å²) in [6.07, 6.45) is 0. The smallest absolute Gasteiger partial charge is 0.313 e. The van der Waals surface area contributed by atoms with Gasteiger partial charge < -0.3 is 20.4 Å². The zero-order chi connectivity index (χ0) is 20.0. The van der Waals surface area contributed by atoms with Gasteiger partial charge in [0.05, 0.1) is 20.6 Å². The van der Waals surface area contributed by atoms with Crippen molar-refractivity contribution in [2.75, 3.05) is 45.0 Å². The minimum absolute atomic E-state index is 0.0356. The van der Waals surface area contributed by atoms with Gasteiger partial charge in [0.15, 0.2) is 0 Å². The fourth-order valence-corrected chi connectivity index (χ4v) is 2.78. The molecular weight excluding hydrogens is 364 g/mol. The van der Waals surface area contributed by atoms with Crippen LogP contribution in [0, 0.1) is 0 Å². The number of hydrogen-bond donors (Lipinski definition) is 3. The molecule has 0 heterocycles. The second kappa shape index (κ2) is 9.39. The summed E-state index contributed by atoms with van der Waals surface area (Å²) in [5.41, 5.74) is 2.73. The third-order valence-corrected chi connectivity index (χ3v) is 4.54. The van der Waals surface area contributed by atoms with E-state index in [1.165, 1.54) is 0 Å². The number of halogens is 1. The maximum Gasteiger partial charge on any atom is 0.313 e. The Kier molecular flexibility index (Phi) is 7.21. The molecule has 6 nitrogen and oxygen atoms in total. The Balaban J connectivity index is 1.97. The Labute approximate surface area is 165 Å². The monoisotopic (exact) mass is 389 g/mol. The van der Waals surface area contributed by atoms with Crippen LogP contribution in [-0.4, -0.2) is 46.5 Å². The van der Waals surface area contributed by atoms with E-state index in [-0.39, 0.29) is 6.04 Å². The quantitative estimate of drug-likeness (QED) is 0.653. The van der Waals surface area contributed by atoms with Gasteiger partial charge in [0.2, 0.25) is 0 Å². The van der Waals surface area contributed by atoms with Crippen LogP contribution in [0.3, 0.4) is 0 Å². The van der Waals surface area contributed by atoms with Gasteiger partial charge in [-0.3, -0.25) is 9.59 Å². The molecule has 0 unspecified atom stereocenters. The van der Waals surface area contributed by atoms with Crippen molar-refractivity contribution in [1.82, 2.24) is 5.32 Å². The number of carbonyl (C=O) groups is 2. The van der Waals surface area contributed by atoms with Crippen LogP contribution in [0.2, 0.25) is 5.02 Å². The van der Waals surface area contributed by atoms with Crippen molar-refractivity contribution in [2.24, 2.45) is 0 Å². The maximum absolute atomic E-state index is 12.2. The fraction of sp³-hybridized carbons (Fsp3) is 0.300. The highest BCUT2D eigenvalue weighted by atomic mass is 35.5. The highest BCUT2D eigenvalue weighted by Gasteiger charge is 2.21. The van der Waals surface area contributed by atoms with Crippen molar-refractivity contribution in [3.8, 4) is 0 Å². The van der Waals surface area contributed by atoms with Gasteiger partial charge in [0.1, 0.15) is 6.04 Å². The van der Waals surface area contributed by atoms with Gasteiger partial charge in [-0.05, 0) is 36.4 Å². The van der Waals surface area contributed by atoms with Crippen molar-refractivity contribution in [1.29, 1.82) is 0 Å². The molecule has 0 aliphatic carbocycles. The molecule has 0 aliphatic rings. The number of rotatable bonds is 6. The van der Waals surface area contributed by atoms with Crippen molar-refractivity contribution >= 4 is 34.8 Å². The van der Waals surface area contributed by atoms with Gasteiger partial charge >= 0.3 is 11.8 Å². The third-order valence-electron chi connectivity index (χ3n) is 4.28. The molecule has 7 heteroatoms. The van der Waals surface area contributed by atoms with Crippen molar-refractivity contribution in [3.05, 3.63) is 59.1 Å². The topological polar surface area (TPSA) is 65.9 Å². The standard InChI is InChI=1S/C20H25ClN4O2/c1-24(2)17-11-5-14(6-12-17)18(25(3)4)13-22-19(26)20(27)23-16-9-7-15(21)8-10-16/h5-12,18H,13H2,1-4H3,(H,22,26)(H,23,27)/p+1/t18-/m0/s1. The molecular formula is C20H26ClN4O2+. The van der Waals surface area contributed by atoms with Crippen LogP contribution < -0.4 is 20.4 Å². The Hall–Kier alpha value is -2.57. The minimum Gasteiger partial charge on any atom is -0.378 e. The van der Waals surface area contributed by atoms with Crippen LogP contribution in [0.1, 0.15) is 11.6 Å². The molecule has 0 radical (unpaired) electrons. The summed E-state index contributed by atoms with van der Waals surface area (Å²) < 4.78 is 0. The molecule has 2 amide bonds. The number of hydrogen-bond acceptors (Lipinski definition) is 3. The maximum atomic E-state index is 12.2. The lowest BCUT2D eigenvalue weighted by molar-refractivity contribution is -0.890. The van der Waals surface area contributed by atoms with E-state index in [1.54, 1.807) is 24.3 Å². The van der Waals surface area contributed by atoms with Crippen molar-refractivity contribution in [3.63, 3.8) is 0 Å². The van der Waals surface area contributed by atoms with Crippen molar-refractivity contribution < 1.29 is 14.5 Å². The summed E-state index contributed by atoms with van der Waals surface area (Å²) in [6, 6.07) is 14.8. The number of anilines is 2. The third kappa shape index (κ3) is 5.98. The summed E-state index contributed by atoms with van der Waals surface area (Å²) in [5, 5.41) is 5.85. The molecule has 2 aromatic rings. The van der Waals surface area contributed by atoms with Crippen LogP contribution >= 0.6 is 11.6 Å². The highest BCUT2D eigenvalue weighted by molar-refractivity contribution is 6.39. The zero-order valence-corrected chi connectivity index (χ0v) is 16.8. The number of benzene rings is 2. The van der Waals surface area contributed by atoms with E-state index in [0.717, 1.165) is 16.2 Å². The zero-order valence-electron chi connectivity index (χ0n) is 16.0. The summed E-state index contributed by atoms with van der Waals surface area (Å²) >= 11 is 5.81.